The van der Waals surface area contributed by atoms with E-state index in [-0.39, 0.29) is 4.90 Å². The summed E-state index contributed by atoms with van der Waals surface area (Å²) in [6.45, 7) is 1.54. The number of nitrogens with zero attached hydrogens (tertiary/aromatic N) is 2. The van der Waals surface area contributed by atoms with Crippen molar-refractivity contribution < 1.29 is 8.42 Å². The van der Waals surface area contributed by atoms with Crippen molar-refractivity contribution in [2.75, 3.05) is 18.5 Å². The Bertz CT molecular complexity index is 791. The van der Waals surface area contributed by atoms with E-state index >= 15 is 0 Å². The number of fused-ring (bicyclic) bond motifs is 1. The molecule has 2 heterocycles. The molecule has 0 atom stereocenters. The average molecular weight is 338 g/mol. The third kappa shape index (κ3) is 2.95. The van der Waals surface area contributed by atoms with Crippen LogP contribution in [0.1, 0.15) is 11.1 Å². The van der Waals surface area contributed by atoms with Crippen LogP contribution in [0.15, 0.2) is 41.4 Å². The van der Waals surface area contributed by atoms with Crippen LogP contribution >= 0.6 is 11.6 Å². The number of anilines is 1. The Morgan fingerprint density at radius 2 is 2.14 bits per heavy atom. The molecule has 1 N–H and O–H groups in total. The van der Waals surface area contributed by atoms with E-state index in [0.29, 0.717) is 11.7 Å². The molecule has 1 aliphatic heterocycles. The van der Waals surface area contributed by atoms with Gasteiger partial charge in [0.2, 0.25) is 10.0 Å². The number of rotatable bonds is 4. The van der Waals surface area contributed by atoms with E-state index in [1.54, 1.807) is 24.4 Å². The first-order chi connectivity index (χ1) is 10.5. The van der Waals surface area contributed by atoms with Crippen LogP contribution in [0.5, 0.6) is 0 Å². The fraction of sp³-hybridized carbons (Fsp3) is 0.267. The minimum atomic E-state index is -3.43. The fourth-order valence-electron chi connectivity index (χ4n) is 2.59. The van der Waals surface area contributed by atoms with Gasteiger partial charge >= 0.3 is 0 Å². The molecule has 7 heteroatoms. The molecule has 2 aromatic rings. The van der Waals surface area contributed by atoms with Crippen molar-refractivity contribution in [1.29, 1.82) is 0 Å². The molecule has 0 fully saturated rings. The highest BCUT2D eigenvalue weighted by Gasteiger charge is 2.22. The molecule has 116 valence electrons. The van der Waals surface area contributed by atoms with Gasteiger partial charge in [0.05, 0.1) is 4.90 Å². The van der Waals surface area contributed by atoms with Crippen molar-refractivity contribution in [1.82, 2.24) is 9.71 Å². The smallest absolute Gasteiger partial charge is 0.240 e. The third-order valence-corrected chi connectivity index (χ3v) is 5.43. The van der Waals surface area contributed by atoms with Crippen LogP contribution in [-0.2, 0) is 23.0 Å². The Labute approximate surface area is 135 Å². The Morgan fingerprint density at radius 3 is 2.82 bits per heavy atom. The average Bonchev–Trinajstić information content (AvgIpc) is 2.92. The van der Waals surface area contributed by atoms with Crippen molar-refractivity contribution in [3.8, 4) is 0 Å². The van der Waals surface area contributed by atoms with Gasteiger partial charge in [0, 0.05) is 25.0 Å². The van der Waals surface area contributed by atoms with Gasteiger partial charge in [-0.1, -0.05) is 23.7 Å². The Morgan fingerprint density at radius 1 is 1.32 bits per heavy atom. The number of halogens is 1. The first-order valence-corrected chi connectivity index (χ1v) is 8.77. The van der Waals surface area contributed by atoms with E-state index in [2.05, 4.69) is 14.6 Å². The summed E-state index contributed by atoms with van der Waals surface area (Å²) in [5, 5.41) is 0.466. The predicted octanol–water partition coefficient (Wildman–Crippen LogP) is 2.21. The zero-order valence-corrected chi connectivity index (χ0v) is 13.7. The quantitative estimate of drug-likeness (QED) is 0.869. The molecular weight excluding hydrogens is 322 g/mol. The van der Waals surface area contributed by atoms with E-state index in [1.807, 2.05) is 12.1 Å². The second kappa shape index (κ2) is 5.87. The zero-order valence-electron chi connectivity index (χ0n) is 12.1. The van der Waals surface area contributed by atoms with Crippen LogP contribution < -0.4 is 9.62 Å². The van der Waals surface area contributed by atoms with Crippen LogP contribution in [0.2, 0.25) is 5.15 Å². The molecule has 1 aromatic heterocycles. The summed E-state index contributed by atoms with van der Waals surface area (Å²) >= 11 is 5.80. The Balaban J connectivity index is 1.90. The largest absolute Gasteiger partial charge is 0.367 e. The maximum absolute atomic E-state index is 11.9. The second-order valence-corrected chi connectivity index (χ2v) is 7.43. The van der Waals surface area contributed by atoms with E-state index in [0.717, 1.165) is 29.8 Å². The lowest BCUT2D eigenvalue weighted by molar-refractivity contribution is 0.588. The summed E-state index contributed by atoms with van der Waals surface area (Å²) in [6.07, 6.45) is 2.66. The second-order valence-electron chi connectivity index (χ2n) is 5.16. The van der Waals surface area contributed by atoms with E-state index < -0.39 is 10.0 Å². The number of pyridine rings is 1. The number of benzene rings is 1. The zero-order chi connectivity index (χ0) is 15.7. The number of aromatic nitrogens is 1. The molecule has 0 unspecified atom stereocenters. The monoisotopic (exact) mass is 337 g/mol. The lowest BCUT2D eigenvalue weighted by Gasteiger charge is -2.20. The molecule has 1 aliphatic rings. The molecular formula is C15H16ClN3O2S. The molecule has 0 saturated carbocycles. The summed E-state index contributed by atoms with van der Waals surface area (Å²) in [6, 6.07) is 8.96. The first kappa shape index (κ1) is 15.3. The van der Waals surface area contributed by atoms with Gasteiger partial charge in [-0.25, -0.2) is 18.1 Å². The molecule has 0 aliphatic carbocycles. The maximum Gasteiger partial charge on any atom is 0.240 e. The summed E-state index contributed by atoms with van der Waals surface area (Å²) in [5.41, 5.74) is 3.17. The number of hydrogen-bond donors (Lipinski definition) is 1. The summed E-state index contributed by atoms with van der Waals surface area (Å²) in [4.78, 5) is 6.53. The van der Waals surface area contributed by atoms with Crippen LogP contribution in [0, 0.1) is 0 Å². The molecule has 0 amide bonds. The van der Waals surface area contributed by atoms with Crippen LogP contribution in [0.4, 0.5) is 5.69 Å². The molecule has 5 nitrogen and oxygen atoms in total. The van der Waals surface area contributed by atoms with Crippen molar-refractivity contribution in [3.05, 3.63) is 52.8 Å². The maximum atomic E-state index is 11.9. The molecule has 0 spiro atoms. The Hall–Kier alpha value is -1.63. The molecule has 22 heavy (non-hydrogen) atoms. The van der Waals surface area contributed by atoms with Gasteiger partial charge in [0.15, 0.2) is 0 Å². The normalized spacial score (nSPS) is 14.2. The fourth-order valence-corrected chi connectivity index (χ4v) is 3.46. The number of hydrogen-bond acceptors (Lipinski definition) is 4. The van der Waals surface area contributed by atoms with Gasteiger partial charge in [0.1, 0.15) is 5.15 Å². The first-order valence-electron chi connectivity index (χ1n) is 6.91. The predicted molar refractivity (Wildman–Crippen MR) is 86.7 cm³/mol. The van der Waals surface area contributed by atoms with Gasteiger partial charge in [-0.05, 0) is 42.8 Å². The van der Waals surface area contributed by atoms with E-state index in [1.165, 1.54) is 7.05 Å². The Kier molecular flexibility index (Phi) is 4.08. The van der Waals surface area contributed by atoms with E-state index in [4.69, 9.17) is 11.6 Å². The van der Waals surface area contributed by atoms with Crippen molar-refractivity contribution in [2.24, 2.45) is 0 Å². The third-order valence-electron chi connectivity index (χ3n) is 3.79. The van der Waals surface area contributed by atoms with Crippen LogP contribution in [-0.4, -0.2) is 27.0 Å². The van der Waals surface area contributed by atoms with Gasteiger partial charge in [0.25, 0.3) is 0 Å². The van der Waals surface area contributed by atoms with Gasteiger partial charge < -0.3 is 4.90 Å². The van der Waals surface area contributed by atoms with Gasteiger partial charge in [-0.2, -0.15) is 0 Å². The molecule has 3 rings (SSSR count). The van der Waals surface area contributed by atoms with Crippen LogP contribution in [0.3, 0.4) is 0 Å². The SMILES string of the molecule is CNS(=O)(=O)c1ccc2c(c1)N(Cc1ccc(Cl)nc1)CC2. The van der Waals surface area contributed by atoms with Gasteiger partial charge in [-0.15, -0.1) is 0 Å². The molecule has 0 saturated heterocycles. The van der Waals surface area contributed by atoms with E-state index in [9.17, 15) is 8.42 Å². The lowest BCUT2D eigenvalue weighted by atomic mass is 10.2. The number of nitrogens with one attached hydrogen (secondary N) is 1. The highest BCUT2D eigenvalue weighted by molar-refractivity contribution is 7.89. The van der Waals surface area contributed by atoms with Crippen LogP contribution in [0.25, 0.3) is 0 Å². The minimum absolute atomic E-state index is 0.287. The standard InChI is InChI=1S/C15H16ClN3O2S/c1-17-22(20,21)13-4-3-12-6-7-19(14(12)8-13)10-11-2-5-15(16)18-9-11/h2-5,8-9,17H,6-7,10H2,1H3. The van der Waals surface area contributed by atoms with Gasteiger partial charge in [-0.3, -0.25) is 0 Å². The summed E-state index contributed by atoms with van der Waals surface area (Å²) in [5.74, 6) is 0. The van der Waals surface area contributed by atoms with Crippen molar-refractivity contribution >= 4 is 27.3 Å². The highest BCUT2D eigenvalue weighted by atomic mass is 35.5. The molecule has 1 aromatic carbocycles. The lowest BCUT2D eigenvalue weighted by Crippen LogP contribution is -2.21. The van der Waals surface area contributed by atoms with Crippen molar-refractivity contribution in [3.63, 3.8) is 0 Å². The van der Waals surface area contributed by atoms with Crippen molar-refractivity contribution in [2.45, 2.75) is 17.9 Å². The summed E-state index contributed by atoms with van der Waals surface area (Å²) < 4.78 is 26.2. The molecule has 0 bridgehead atoms. The summed E-state index contributed by atoms with van der Waals surface area (Å²) in [7, 11) is -2.01. The highest BCUT2D eigenvalue weighted by Crippen LogP contribution is 2.31. The topological polar surface area (TPSA) is 62.3 Å². The minimum Gasteiger partial charge on any atom is -0.367 e. The number of sulfonamides is 1. The molecule has 0 radical (unpaired) electrons.